The van der Waals surface area contributed by atoms with Crippen LogP contribution in [0.4, 0.5) is 0 Å². The summed E-state index contributed by atoms with van der Waals surface area (Å²) < 4.78 is 16.2. The van der Waals surface area contributed by atoms with Gasteiger partial charge in [0.2, 0.25) is 0 Å². The van der Waals surface area contributed by atoms with Crippen LogP contribution >= 0.6 is 11.6 Å². The highest BCUT2D eigenvalue weighted by atomic mass is 35.5. The maximum atomic E-state index is 12.2. The molecule has 0 aliphatic heterocycles. The number of benzene rings is 1. The molecule has 0 aliphatic rings. The summed E-state index contributed by atoms with van der Waals surface area (Å²) in [6.45, 7) is 10.4. The molecule has 0 radical (unpaired) electrons. The van der Waals surface area contributed by atoms with Gasteiger partial charge in [0.1, 0.15) is 29.1 Å². The van der Waals surface area contributed by atoms with Gasteiger partial charge in [-0.25, -0.2) is 4.79 Å². The number of nitrogens with zero attached hydrogens (tertiary/aromatic N) is 1. The second-order valence-electron chi connectivity index (χ2n) is 8.68. The van der Waals surface area contributed by atoms with Gasteiger partial charge in [-0.1, -0.05) is 11.6 Å². The summed E-state index contributed by atoms with van der Waals surface area (Å²) in [6.07, 6.45) is 0. The zero-order valence-corrected chi connectivity index (χ0v) is 19.0. The maximum Gasteiger partial charge on any atom is 0.339 e. The number of halogens is 1. The van der Waals surface area contributed by atoms with Gasteiger partial charge in [0.15, 0.2) is 0 Å². The Morgan fingerprint density at radius 1 is 0.967 bits per heavy atom. The van der Waals surface area contributed by atoms with Gasteiger partial charge in [-0.3, -0.25) is 14.5 Å². The topological polar surface area (TPSA) is 102 Å². The summed E-state index contributed by atoms with van der Waals surface area (Å²) in [5, 5.41) is 9.56. The Labute approximate surface area is 182 Å². The van der Waals surface area contributed by atoms with Crippen LogP contribution in [0.15, 0.2) is 18.2 Å². The zero-order chi connectivity index (χ0) is 23.1. The molecule has 9 heteroatoms. The monoisotopic (exact) mass is 443 g/mol. The number of carboxylic acids is 1. The van der Waals surface area contributed by atoms with E-state index < -0.39 is 29.1 Å². The van der Waals surface area contributed by atoms with Crippen LogP contribution in [0.3, 0.4) is 0 Å². The van der Waals surface area contributed by atoms with Crippen LogP contribution in [0.25, 0.3) is 0 Å². The van der Waals surface area contributed by atoms with Crippen molar-refractivity contribution in [2.45, 2.75) is 52.7 Å². The Morgan fingerprint density at radius 2 is 1.47 bits per heavy atom. The van der Waals surface area contributed by atoms with Gasteiger partial charge in [0.25, 0.3) is 0 Å². The molecule has 0 spiro atoms. The third kappa shape index (κ3) is 10.5. The van der Waals surface area contributed by atoms with Gasteiger partial charge in [-0.2, -0.15) is 0 Å². The summed E-state index contributed by atoms with van der Waals surface area (Å²) in [4.78, 5) is 37.3. The van der Waals surface area contributed by atoms with E-state index in [9.17, 15) is 19.5 Å². The molecule has 0 bridgehead atoms. The number of hydrogen-bond acceptors (Lipinski definition) is 7. The largest absolute Gasteiger partial charge is 0.491 e. The number of esters is 2. The first kappa shape index (κ1) is 25.7. The van der Waals surface area contributed by atoms with E-state index in [0.717, 1.165) is 0 Å². The Bertz CT molecular complexity index is 736. The Balaban J connectivity index is 2.81. The smallest absolute Gasteiger partial charge is 0.339 e. The predicted molar refractivity (Wildman–Crippen MR) is 112 cm³/mol. The van der Waals surface area contributed by atoms with E-state index in [-0.39, 0.29) is 42.6 Å². The average Bonchev–Trinajstić information content (AvgIpc) is 2.52. The lowest BCUT2D eigenvalue weighted by Gasteiger charge is -2.26. The molecule has 0 atom stereocenters. The first-order valence-electron chi connectivity index (χ1n) is 9.48. The maximum absolute atomic E-state index is 12.2. The molecule has 0 amide bonds. The Hall–Kier alpha value is -2.32. The molecule has 1 aromatic rings. The van der Waals surface area contributed by atoms with E-state index in [4.69, 9.17) is 25.8 Å². The number of carboxylic acid groups (broad SMARTS) is 1. The van der Waals surface area contributed by atoms with Crippen molar-refractivity contribution >= 4 is 29.5 Å². The van der Waals surface area contributed by atoms with Crippen molar-refractivity contribution in [3.63, 3.8) is 0 Å². The minimum atomic E-state index is -1.17. The summed E-state index contributed by atoms with van der Waals surface area (Å²) >= 11 is 5.84. The van der Waals surface area contributed by atoms with Crippen LogP contribution in [0.1, 0.15) is 51.9 Å². The van der Waals surface area contributed by atoms with Crippen molar-refractivity contribution < 1.29 is 33.7 Å². The van der Waals surface area contributed by atoms with Crippen molar-refractivity contribution in [1.29, 1.82) is 0 Å². The Morgan fingerprint density at radius 3 is 1.90 bits per heavy atom. The van der Waals surface area contributed by atoms with Gasteiger partial charge in [0.05, 0.1) is 13.1 Å². The minimum Gasteiger partial charge on any atom is -0.491 e. The molecule has 0 saturated carbocycles. The van der Waals surface area contributed by atoms with Crippen LogP contribution < -0.4 is 4.74 Å². The van der Waals surface area contributed by atoms with Gasteiger partial charge in [0, 0.05) is 11.6 Å². The second-order valence-corrected chi connectivity index (χ2v) is 9.11. The summed E-state index contributed by atoms with van der Waals surface area (Å²) in [6, 6.07) is 4.26. The van der Waals surface area contributed by atoms with E-state index in [1.54, 1.807) is 41.5 Å². The highest BCUT2D eigenvalue weighted by Gasteiger charge is 2.23. The lowest BCUT2D eigenvalue weighted by Crippen LogP contribution is -2.41. The fraction of sp³-hybridized carbons (Fsp3) is 0.571. The fourth-order valence-electron chi connectivity index (χ4n) is 2.41. The number of carbonyl (C=O) groups excluding carboxylic acids is 2. The fourth-order valence-corrected chi connectivity index (χ4v) is 2.58. The van der Waals surface area contributed by atoms with Crippen molar-refractivity contribution in [3.05, 3.63) is 28.8 Å². The molecule has 1 aromatic carbocycles. The van der Waals surface area contributed by atoms with Crippen molar-refractivity contribution in [1.82, 2.24) is 4.90 Å². The number of rotatable bonds is 9. The van der Waals surface area contributed by atoms with Crippen molar-refractivity contribution in [3.8, 4) is 5.75 Å². The normalized spacial score (nSPS) is 11.9. The minimum absolute atomic E-state index is 0.0352. The van der Waals surface area contributed by atoms with Crippen molar-refractivity contribution in [2.24, 2.45) is 0 Å². The third-order valence-corrected chi connectivity index (χ3v) is 3.62. The summed E-state index contributed by atoms with van der Waals surface area (Å²) in [7, 11) is 0. The molecule has 168 valence electrons. The van der Waals surface area contributed by atoms with Crippen LogP contribution in [0.5, 0.6) is 5.75 Å². The van der Waals surface area contributed by atoms with Gasteiger partial charge >= 0.3 is 17.9 Å². The number of aromatic carboxylic acids is 1. The summed E-state index contributed by atoms with van der Waals surface area (Å²) in [5.41, 5.74) is -1.40. The van der Waals surface area contributed by atoms with Crippen LogP contribution in [0, 0.1) is 0 Å². The predicted octanol–water partition coefficient (Wildman–Crippen LogP) is 3.40. The highest BCUT2D eigenvalue weighted by molar-refractivity contribution is 6.31. The number of ether oxygens (including phenoxy) is 3. The Kier molecular flexibility index (Phi) is 9.11. The van der Waals surface area contributed by atoms with E-state index in [1.807, 2.05) is 0 Å². The highest BCUT2D eigenvalue weighted by Crippen LogP contribution is 2.23. The molecule has 0 saturated heterocycles. The van der Waals surface area contributed by atoms with Crippen LogP contribution in [-0.2, 0) is 19.1 Å². The van der Waals surface area contributed by atoms with E-state index >= 15 is 0 Å². The molecule has 0 fully saturated rings. The SMILES string of the molecule is CC(C)(C)OC(=O)CN(CCOc1ccc(Cl)cc1C(=O)O)CC(=O)OC(C)(C)C. The van der Waals surface area contributed by atoms with Gasteiger partial charge < -0.3 is 19.3 Å². The molecule has 0 heterocycles. The molecule has 8 nitrogen and oxygen atoms in total. The van der Waals surface area contributed by atoms with Gasteiger partial charge in [-0.15, -0.1) is 0 Å². The number of carbonyl (C=O) groups is 3. The molecule has 1 rings (SSSR count). The standard InChI is InChI=1S/C21H30ClNO7/c1-20(2,3)29-17(24)12-23(13-18(25)30-21(4,5)6)9-10-28-16-8-7-14(22)11-15(16)19(26)27/h7-8,11H,9-10,12-13H2,1-6H3,(H,26,27). The lowest BCUT2D eigenvalue weighted by atomic mass is 10.2. The van der Waals surface area contributed by atoms with E-state index in [2.05, 4.69) is 0 Å². The first-order chi connectivity index (χ1) is 13.7. The number of hydrogen-bond donors (Lipinski definition) is 1. The van der Waals surface area contributed by atoms with Gasteiger partial charge in [-0.05, 0) is 59.7 Å². The zero-order valence-electron chi connectivity index (χ0n) is 18.3. The first-order valence-corrected chi connectivity index (χ1v) is 9.86. The molecule has 1 N–H and O–H groups in total. The molecular formula is C21H30ClNO7. The third-order valence-electron chi connectivity index (χ3n) is 3.38. The van der Waals surface area contributed by atoms with E-state index in [1.165, 1.54) is 23.1 Å². The second kappa shape index (κ2) is 10.6. The quantitative estimate of drug-likeness (QED) is 0.579. The molecular weight excluding hydrogens is 414 g/mol. The van der Waals surface area contributed by atoms with Crippen LogP contribution in [0.2, 0.25) is 5.02 Å². The van der Waals surface area contributed by atoms with Crippen molar-refractivity contribution in [2.75, 3.05) is 26.2 Å². The molecule has 0 unspecified atom stereocenters. The summed E-state index contributed by atoms with van der Waals surface area (Å²) in [5.74, 6) is -2.03. The lowest BCUT2D eigenvalue weighted by molar-refractivity contribution is -0.160. The molecule has 30 heavy (non-hydrogen) atoms. The van der Waals surface area contributed by atoms with E-state index in [0.29, 0.717) is 0 Å². The van der Waals surface area contributed by atoms with Crippen LogP contribution in [-0.4, -0.2) is 65.4 Å². The average molecular weight is 444 g/mol. The molecule has 0 aromatic heterocycles. The molecule has 0 aliphatic carbocycles.